The fourth-order valence-corrected chi connectivity index (χ4v) is 6.87. The average Bonchev–Trinajstić information content (AvgIpc) is 3.74. The number of nitrogen functional groups attached to an aromatic ring is 1. The molecule has 0 aliphatic rings. The van der Waals surface area contributed by atoms with Crippen molar-refractivity contribution in [2.45, 2.75) is 65.0 Å². The summed E-state index contributed by atoms with van der Waals surface area (Å²) in [6.45, 7) is 5.91. The molecule has 0 unspecified atom stereocenters. The van der Waals surface area contributed by atoms with Gasteiger partial charge in [0.25, 0.3) is 0 Å². The van der Waals surface area contributed by atoms with Crippen LogP contribution in [0, 0.1) is 0 Å². The van der Waals surface area contributed by atoms with Crippen molar-refractivity contribution in [2.75, 3.05) is 32.0 Å². The molecule has 286 valence electrons. The maximum absolute atomic E-state index is 13.1. The predicted octanol–water partition coefficient (Wildman–Crippen LogP) is 1.66. The highest BCUT2D eigenvalue weighted by Crippen LogP contribution is 2.31. The Hall–Kier alpha value is -5.42. The number of imidazole rings is 1. The third-order valence-corrected chi connectivity index (χ3v) is 9.46. The summed E-state index contributed by atoms with van der Waals surface area (Å²) in [6, 6.07) is 18.2. The number of pyridine rings is 1. The molecule has 5 rings (SSSR count). The summed E-state index contributed by atoms with van der Waals surface area (Å²) < 4.78 is 7.62. The largest absolute Gasteiger partial charge is 0.389 e. The number of rotatable bonds is 18. The van der Waals surface area contributed by atoms with E-state index in [1.165, 1.54) is 0 Å². The van der Waals surface area contributed by atoms with Crippen molar-refractivity contribution in [3.8, 4) is 0 Å². The molecule has 9 N–H and O–H groups in total. The van der Waals surface area contributed by atoms with E-state index in [9.17, 15) is 24.3 Å². The van der Waals surface area contributed by atoms with Crippen LogP contribution in [0.5, 0.6) is 0 Å². The number of hydrogen-bond acceptors (Lipinski definition) is 11. The molecule has 5 aromatic rings. The van der Waals surface area contributed by atoms with E-state index in [1.54, 1.807) is 25.2 Å². The number of fused-ring (bicyclic) bond motifs is 3. The molecule has 0 aliphatic carbocycles. The van der Waals surface area contributed by atoms with E-state index in [0.29, 0.717) is 42.2 Å². The Balaban J connectivity index is 1.19. The molecule has 0 fully saturated rings. The molecular weight excluding hydrogens is 711 g/mol. The summed E-state index contributed by atoms with van der Waals surface area (Å²) in [5.74, 6) is -1.02. The minimum Gasteiger partial charge on any atom is -0.389 e. The van der Waals surface area contributed by atoms with Gasteiger partial charge in [-0.2, -0.15) is 0 Å². The highest BCUT2D eigenvalue weighted by molar-refractivity contribution is 7.12. The molecule has 1 atom stereocenters. The summed E-state index contributed by atoms with van der Waals surface area (Å²) >= 11 is 1.56. The summed E-state index contributed by atoms with van der Waals surface area (Å²) in [5.41, 5.74) is 14.6. The molecule has 16 heteroatoms. The number of amides is 4. The first kappa shape index (κ1) is 39.8. The predicted molar refractivity (Wildman–Crippen MR) is 207 cm³/mol. The van der Waals surface area contributed by atoms with E-state index in [-0.39, 0.29) is 39.2 Å². The summed E-state index contributed by atoms with van der Waals surface area (Å²) in [4.78, 5) is 61.1. The molecule has 3 heterocycles. The molecule has 0 aliphatic heterocycles. The van der Waals surface area contributed by atoms with Crippen molar-refractivity contribution >= 4 is 62.7 Å². The van der Waals surface area contributed by atoms with Gasteiger partial charge in [0, 0.05) is 34.6 Å². The van der Waals surface area contributed by atoms with Crippen LogP contribution in [0.1, 0.15) is 47.5 Å². The fourth-order valence-electron chi connectivity index (χ4n) is 5.88. The summed E-state index contributed by atoms with van der Waals surface area (Å²) in [7, 11) is 0. The van der Waals surface area contributed by atoms with Crippen molar-refractivity contribution in [1.29, 1.82) is 0 Å². The molecule has 4 amide bonds. The van der Waals surface area contributed by atoms with Gasteiger partial charge in [-0.15, -0.1) is 11.3 Å². The van der Waals surface area contributed by atoms with E-state index in [2.05, 4.69) is 26.3 Å². The lowest BCUT2D eigenvalue weighted by molar-refractivity contribution is -0.130. The third-order valence-electron chi connectivity index (χ3n) is 8.37. The number of carbonyl (C=O) groups is 4. The molecule has 15 nitrogen and oxygen atoms in total. The Bertz CT molecular complexity index is 2110. The Kier molecular flexibility index (Phi) is 13.3. The van der Waals surface area contributed by atoms with Gasteiger partial charge >= 0.3 is 0 Å². The number of benzene rings is 2. The smallest absolute Gasteiger partial charge is 0.243 e. The maximum atomic E-state index is 13.1. The Morgan fingerprint density at radius 2 is 1.67 bits per heavy atom. The Morgan fingerprint density at radius 3 is 2.39 bits per heavy atom. The van der Waals surface area contributed by atoms with Gasteiger partial charge in [0.1, 0.15) is 24.0 Å². The standard InChI is InChI=1S/C38H47N9O6S/c1-4-53-21-30-46-34-35(47(30)22-38(2,3)52)27-13-10-24(16-28(27)45-36(34)40)14-25-11-12-26(54-25)18-41-32(49)19-43-37(51)29(15-23-8-6-5-7-9-23)44-33(50)20-42-31(48)17-39/h5-13,16,29,52H,4,14-15,17-22,39H2,1-3H3,(H2,40,45)(H,41,49)(H,42,48)(H,43,51)(H,44,50)/t29-/m0/s1. The lowest BCUT2D eigenvalue weighted by atomic mass is 10.1. The topological polar surface area (TPSA) is 229 Å². The quantitative estimate of drug-likeness (QED) is 0.0684. The lowest BCUT2D eigenvalue weighted by Gasteiger charge is -2.20. The average molecular weight is 758 g/mol. The third kappa shape index (κ3) is 10.8. The van der Waals surface area contributed by atoms with Gasteiger partial charge in [-0.25, -0.2) is 9.97 Å². The zero-order chi connectivity index (χ0) is 38.8. The number of nitrogens with one attached hydrogen (secondary N) is 4. The minimum atomic E-state index is -0.999. The van der Waals surface area contributed by atoms with Crippen LogP contribution in [0.3, 0.4) is 0 Å². The van der Waals surface area contributed by atoms with Gasteiger partial charge in [-0.05, 0) is 50.1 Å². The molecule has 3 aromatic heterocycles. The second-order valence-corrected chi connectivity index (χ2v) is 14.7. The first-order chi connectivity index (χ1) is 25.8. The summed E-state index contributed by atoms with van der Waals surface area (Å²) in [5, 5.41) is 22.0. The molecule has 0 radical (unpaired) electrons. The molecule has 54 heavy (non-hydrogen) atoms. The van der Waals surface area contributed by atoms with Crippen LogP contribution in [0.2, 0.25) is 0 Å². The Morgan fingerprint density at radius 1 is 0.926 bits per heavy atom. The Labute approximate surface area is 316 Å². The maximum Gasteiger partial charge on any atom is 0.243 e. The van der Waals surface area contributed by atoms with Crippen molar-refractivity contribution in [3.05, 3.63) is 87.4 Å². The van der Waals surface area contributed by atoms with E-state index in [0.717, 1.165) is 31.8 Å². The van der Waals surface area contributed by atoms with Crippen molar-refractivity contribution < 1.29 is 29.0 Å². The van der Waals surface area contributed by atoms with Crippen LogP contribution < -0.4 is 32.7 Å². The normalized spacial score (nSPS) is 12.1. The highest BCUT2D eigenvalue weighted by Gasteiger charge is 2.24. The van der Waals surface area contributed by atoms with Crippen molar-refractivity contribution in [2.24, 2.45) is 5.73 Å². The van der Waals surface area contributed by atoms with E-state index in [1.807, 2.05) is 72.2 Å². The van der Waals surface area contributed by atoms with Crippen LogP contribution in [-0.2, 0) is 56.5 Å². The van der Waals surface area contributed by atoms with Gasteiger partial charge < -0.3 is 47.1 Å². The monoisotopic (exact) mass is 757 g/mol. The van der Waals surface area contributed by atoms with Crippen molar-refractivity contribution in [1.82, 2.24) is 35.8 Å². The summed E-state index contributed by atoms with van der Waals surface area (Å²) in [6.07, 6.45) is 0.823. The zero-order valence-corrected chi connectivity index (χ0v) is 31.4. The van der Waals surface area contributed by atoms with Crippen molar-refractivity contribution in [3.63, 3.8) is 0 Å². The molecular formula is C38H47N9O6S. The first-order valence-electron chi connectivity index (χ1n) is 17.6. The van der Waals surface area contributed by atoms with Crippen LogP contribution in [0.25, 0.3) is 21.9 Å². The number of anilines is 1. The number of carbonyl (C=O) groups excluding carboxylic acids is 4. The molecule has 0 spiro atoms. The SMILES string of the molecule is CCOCc1nc2c(N)nc3cc(Cc4ccc(CNC(=O)CNC(=O)[C@H](Cc5ccccc5)NC(=O)CNC(=O)CN)s4)ccc3c2n1CC(C)(C)O. The first-order valence-corrected chi connectivity index (χ1v) is 18.4. The van der Waals surface area contributed by atoms with Crippen LogP contribution in [0.15, 0.2) is 60.7 Å². The van der Waals surface area contributed by atoms with Gasteiger partial charge in [0.05, 0.1) is 49.4 Å². The number of hydrogen-bond donors (Lipinski definition) is 7. The van der Waals surface area contributed by atoms with Gasteiger partial charge in [0.2, 0.25) is 23.6 Å². The number of aromatic nitrogens is 3. The van der Waals surface area contributed by atoms with Gasteiger partial charge in [-0.3, -0.25) is 19.2 Å². The highest BCUT2D eigenvalue weighted by atomic mass is 32.1. The van der Waals surface area contributed by atoms with Gasteiger partial charge in [0.15, 0.2) is 5.82 Å². The number of thiophene rings is 1. The second-order valence-electron chi connectivity index (χ2n) is 13.4. The molecule has 0 saturated carbocycles. The molecule has 0 saturated heterocycles. The van der Waals surface area contributed by atoms with E-state index >= 15 is 0 Å². The fraction of sp³-hybridized carbons (Fsp3) is 0.368. The number of nitrogens with two attached hydrogens (primary N) is 2. The zero-order valence-electron chi connectivity index (χ0n) is 30.6. The lowest BCUT2D eigenvalue weighted by Crippen LogP contribution is -2.52. The number of ether oxygens (including phenoxy) is 1. The van der Waals surface area contributed by atoms with Gasteiger partial charge in [-0.1, -0.05) is 42.5 Å². The number of aliphatic hydroxyl groups is 1. The van der Waals surface area contributed by atoms with E-state index in [4.69, 9.17) is 21.2 Å². The molecule has 2 aromatic carbocycles. The van der Waals surface area contributed by atoms with E-state index < -0.39 is 35.3 Å². The minimum absolute atomic E-state index is 0.190. The molecule has 0 bridgehead atoms. The number of nitrogens with zero attached hydrogens (tertiary/aromatic N) is 3. The van der Waals surface area contributed by atoms with Crippen LogP contribution >= 0.6 is 11.3 Å². The van der Waals surface area contributed by atoms with Crippen LogP contribution in [0.4, 0.5) is 5.82 Å². The van der Waals surface area contributed by atoms with Crippen LogP contribution in [-0.4, -0.2) is 81.2 Å². The second kappa shape index (κ2) is 18.1.